The van der Waals surface area contributed by atoms with Gasteiger partial charge in [-0.05, 0) is 63.1 Å². The standard InChI is InChI=1S/C22H26FNO5S/c1-22(2,3)29-21(25)24-11-10-15(14-24)19-9-8-18(13-20(19)28-4)30(26,27)17-7-5-6-16(23)12-17/h5-9,12-13,15H,10-11,14H2,1-4H3. The summed E-state index contributed by atoms with van der Waals surface area (Å²) in [4.78, 5) is 13.9. The SMILES string of the molecule is COc1cc(S(=O)(=O)c2cccc(F)c2)ccc1C1CCN(C(=O)OC(C)(C)C)C1. The predicted octanol–water partition coefficient (Wildman–Crippen LogP) is 4.39. The molecular weight excluding hydrogens is 409 g/mol. The maximum absolute atomic E-state index is 13.5. The lowest BCUT2D eigenvalue weighted by molar-refractivity contribution is 0.0292. The van der Waals surface area contributed by atoms with E-state index in [0.29, 0.717) is 25.3 Å². The van der Waals surface area contributed by atoms with E-state index in [1.54, 1.807) is 11.0 Å². The van der Waals surface area contributed by atoms with Gasteiger partial charge in [0.15, 0.2) is 0 Å². The number of hydrogen-bond donors (Lipinski definition) is 0. The number of likely N-dealkylation sites (tertiary alicyclic amines) is 1. The molecule has 3 rings (SSSR count). The predicted molar refractivity (Wildman–Crippen MR) is 110 cm³/mol. The average Bonchev–Trinajstić information content (AvgIpc) is 3.16. The van der Waals surface area contributed by atoms with E-state index in [1.165, 1.54) is 37.4 Å². The van der Waals surface area contributed by atoms with Crippen molar-refractivity contribution in [1.29, 1.82) is 0 Å². The number of nitrogens with zero attached hydrogens (tertiary/aromatic N) is 1. The summed E-state index contributed by atoms with van der Waals surface area (Å²) in [7, 11) is -2.41. The summed E-state index contributed by atoms with van der Waals surface area (Å²) in [6, 6.07) is 9.55. The molecule has 1 unspecified atom stereocenters. The van der Waals surface area contributed by atoms with Gasteiger partial charge >= 0.3 is 6.09 Å². The van der Waals surface area contributed by atoms with Crippen LogP contribution in [0.3, 0.4) is 0 Å². The Hall–Kier alpha value is -2.61. The molecule has 6 nitrogen and oxygen atoms in total. The molecule has 2 aromatic rings. The topological polar surface area (TPSA) is 72.9 Å². The molecule has 162 valence electrons. The minimum absolute atomic E-state index is 0.00149. The number of halogens is 1. The van der Waals surface area contributed by atoms with Crippen molar-refractivity contribution < 1.29 is 27.1 Å². The monoisotopic (exact) mass is 435 g/mol. The fraction of sp³-hybridized carbons (Fsp3) is 0.409. The maximum atomic E-state index is 13.5. The van der Waals surface area contributed by atoms with Gasteiger partial charge in [0.1, 0.15) is 17.2 Å². The highest BCUT2D eigenvalue weighted by molar-refractivity contribution is 7.91. The van der Waals surface area contributed by atoms with Crippen LogP contribution in [0.4, 0.5) is 9.18 Å². The molecule has 0 bridgehead atoms. The van der Waals surface area contributed by atoms with Gasteiger partial charge in [-0.2, -0.15) is 0 Å². The fourth-order valence-electron chi connectivity index (χ4n) is 3.47. The zero-order valence-electron chi connectivity index (χ0n) is 17.5. The summed E-state index contributed by atoms with van der Waals surface area (Å²) >= 11 is 0. The Morgan fingerprint density at radius 2 is 1.83 bits per heavy atom. The van der Waals surface area contributed by atoms with Crippen molar-refractivity contribution in [2.24, 2.45) is 0 Å². The number of sulfone groups is 1. The fourth-order valence-corrected chi connectivity index (χ4v) is 4.78. The first-order valence-electron chi connectivity index (χ1n) is 9.68. The molecule has 2 aromatic carbocycles. The largest absolute Gasteiger partial charge is 0.496 e. The summed E-state index contributed by atoms with van der Waals surface area (Å²) in [6.45, 7) is 6.46. The zero-order valence-corrected chi connectivity index (χ0v) is 18.3. The highest BCUT2D eigenvalue weighted by Gasteiger charge is 2.32. The first kappa shape index (κ1) is 22.1. The maximum Gasteiger partial charge on any atom is 0.410 e. The molecule has 1 amide bonds. The van der Waals surface area contributed by atoms with Crippen LogP contribution in [0.5, 0.6) is 5.75 Å². The van der Waals surface area contributed by atoms with Crippen molar-refractivity contribution >= 4 is 15.9 Å². The zero-order chi connectivity index (χ0) is 22.1. The molecule has 0 N–H and O–H groups in total. The van der Waals surface area contributed by atoms with E-state index in [1.807, 2.05) is 20.8 Å². The van der Waals surface area contributed by atoms with Crippen molar-refractivity contribution in [3.63, 3.8) is 0 Å². The summed E-state index contributed by atoms with van der Waals surface area (Å²) in [5.74, 6) is -0.199. The Morgan fingerprint density at radius 1 is 1.13 bits per heavy atom. The molecule has 1 atom stereocenters. The molecule has 1 aliphatic rings. The third-order valence-electron chi connectivity index (χ3n) is 4.90. The molecule has 0 spiro atoms. The smallest absolute Gasteiger partial charge is 0.410 e. The van der Waals surface area contributed by atoms with Gasteiger partial charge in [0, 0.05) is 19.0 Å². The number of ether oxygens (including phenoxy) is 2. The van der Waals surface area contributed by atoms with Crippen LogP contribution in [0.1, 0.15) is 38.7 Å². The van der Waals surface area contributed by atoms with E-state index >= 15 is 0 Å². The molecule has 0 radical (unpaired) electrons. The molecular formula is C22H26FNO5S. The summed E-state index contributed by atoms with van der Waals surface area (Å²) < 4.78 is 50.1. The summed E-state index contributed by atoms with van der Waals surface area (Å²) in [5, 5.41) is 0. The molecule has 30 heavy (non-hydrogen) atoms. The average molecular weight is 436 g/mol. The van der Waals surface area contributed by atoms with E-state index in [2.05, 4.69) is 0 Å². The molecule has 1 fully saturated rings. The van der Waals surface area contributed by atoms with Crippen LogP contribution in [0.15, 0.2) is 52.3 Å². The third-order valence-corrected chi connectivity index (χ3v) is 6.65. The van der Waals surface area contributed by atoms with Gasteiger partial charge in [-0.25, -0.2) is 17.6 Å². The lowest BCUT2D eigenvalue weighted by Crippen LogP contribution is -2.35. The van der Waals surface area contributed by atoms with Crippen LogP contribution in [0, 0.1) is 5.82 Å². The Balaban J connectivity index is 1.84. The quantitative estimate of drug-likeness (QED) is 0.712. The highest BCUT2D eigenvalue weighted by atomic mass is 32.2. The lowest BCUT2D eigenvalue weighted by atomic mass is 9.97. The molecule has 1 aliphatic heterocycles. The van der Waals surface area contributed by atoms with Crippen molar-refractivity contribution in [2.75, 3.05) is 20.2 Å². The first-order chi connectivity index (χ1) is 14.0. The van der Waals surface area contributed by atoms with Crippen molar-refractivity contribution in [3.05, 3.63) is 53.8 Å². The first-order valence-corrected chi connectivity index (χ1v) is 11.2. The van der Waals surface area contributed by atoms with E-state index in [4.69, 9.17) is 9.47 Å². The van der Waals surface area contributed by atoms with Crippen LogP contribution in [-0.4, -0.2) is 45.2 Å². The van der Waals surface area contributed by atoms with Crippen LogP contribution in [0.25, 0.3) is 0 Å². The van der Waals surface area contributed by atoms with Crippen LogP contribution < -0.4 is 4.74 Å². The number of carbonyl (C=O) groups excluding carboxylic acids is 1. The van der Waals surface area contributed by atoms with Crippen molar-refractivity contribution in [1.82, 2.24) is 4.90 Å². The number of carbonyl (C=O) groups is 1. The van der Waals surface area contributed by atoms with Gasteiger partial charge in [0.2, 0.25) is 9.84 Å². The molecule has 8 heteroatoms. The van der Waals surface area contributed by atoms with E-state index < -0.39 is 21.3 Å². The minimum atomic E-state index is -3.88. The highest BCUT2D eigenvalue weighted by Crippen LogP contribution is 2.36. The van der Waals surface area contributed by atoms with Gasteiger partial charge in [0.25, 0.3) is 0 Å². The van der Waals surface area contributed by atoms with Crippen LogP contribution in [-0.2, 0) is 14.6 Å². The second-order valence-corrected chi connectivity index (χ2v) is 10.2. The normalized spacial score (nSPS) is 17.1. The van der Waals surface area contributed by atoms with Crippen molar-refractivity contribution in [2.45, 2.75) is 48.5 Å². The molecule has 1 saturated heterocycles. The Morgan fingerprint density at radius 3 is 2.47 bits per heavy atom. The second-order valence-electron chi connectivity index (χ2n) is 8.28. The van der Waals surface area contributed by atoms with E-state index in [0.717, 1.165) is 11.6 Å². The van der Waals surface area contributed by atoms with Gasteiger partial charge < -0.3 is 14.4 Å². The number of benzene rings is 2. The molecule has 0 aromatic heterocycles. The van der Waals surface area contributed by atoms with Gasteiger partial charge in [-0.1, -0.05) is 12.1 Å². The third kappa shape index (κ3) is 4.75. The van der Waals surface area contributed by atoms with Crippen LogP contribution >= 0.6 is 0 Å². The minimum Gasteiger partial charge on any atom is -0.496 e. The Bertz CT molecular complexity index is 1050. The van der Waals surface area contributed by atoms with Crippen LogP contribution in [0.2, 0.25) is 0 Å². The van der Waals surface area contributed by atoms with E-state index in [-0.39, 0.29) is 21.8 Å². The lowest BCUT2D eigenvalue weighted by Gasteiger charge is -2.24. The van der Waals surface area contributed by atoms with Gasteiger partial charge in [0.05, 0.1) is 16.9 Å². The number of amides is 1. The number of rotatable bonds is 4. The number of hydrogen-bond acceptors (Lipinski definition) is 5. The van der Waals surface area contributed by atoms with E-state index in [9.17, 15) is 17.6 Å². The Kier molecular flexibility index (Phi) is 6.08. The van der Waals surface area contributed by atoms with Gasteiger partial charge in [-0.3, -0.25) is 0 Å². The molecule has 0 saturated carbocycles. The van der Waals surface area contributed by atoms with Gasteiger partial charge in [-0.15, -0.1) is 0 Å². The Labute approximate surface area is 176 Å². The second kappa shape index (κ2) is 8.26. The van der Waals surface area contributed by atoms with Crippen molar-refractivity contribution in [3.8, 4) is 5.75 Å². The number of methoxy groups -OCH3 is 1. The summed E-state index contributed by atoms with van der Waals surface area (Å²) in [5.41, 5.74) is 0.251. The molecule has 0 aliphatic carbocycles. The summed E-state index contributed by atoms with van der Waals surface area (Å²) in [6.07, 6.45) is 0.347. The molecule has 1 heterocycles.